The fourth-order valence-electron chi connectivity index (χ4n) is 4.43. The molecule has 1 aliphatic carbocycles. The summed E-state index contributed by atoms with van der Waals surface area (Å²) >= 11 is 0. The fourth-order valence-corrected chi connectivity index (χ4v) is 4.43. The van der Waals surface area contributed by atoms with E-state index < -0.39 is 11.6 Å². The molecule has 0 unspecified atom stereocenters. The van der Waals surface area contributed by atoms with Gasteiger partial charge in [0.15, 0.2) is 0 Å². The molecule has 2 aliphatic rings. The third-order valence-electron chi connectivity index (χ3n) is 6.53. The van der Waals surface area contributed by atoms with Gasteiger partial charge in [-0.05, 0) is 56.4 Å². The van der Waals surface area contributed by atoms with Crippen LogP contribution in [0.5, 0.6) is 0 Å². The lowest BCUT2D eigenvalue weighted by Gasteiger charge is -2.38. The average molecular weight is 465 g/mol. The van der Waals surface area contributed by atoms with Crippen molar-refractivity contribution < 1.29 is 14.7 Å². The van der Waals surface area contributed by atoms with Crippen LogP contribution in [0.4, 0.5) is 16.2 Å². The van der Waals surface area contributed by atoms with E-state index in [1.165, 1.54) is 15.4 Å². The van der Waals surface area contributed by atoms with Crippen molar-refractivity contribution in [2.24, 2.45) is 5.92 Å². The Labute approximate surface area is 196 Å². The number of hydrogen-bond acceptors (Lipinski definition) is 5. The maximum Gasteiger partial charge on any atom is 0.323 e. The first-order valence-corrected chi connectivity index (χ1v) is 11.5. The highest BCUT2D eigenvalue weighted by Gasteiger charge is 2.39. The van der Waals surface area contributed by atoms with Crippen LogP contribution in [0, 0.1) is 12.8 Å². The predicted octanol–water partition coefficient (Wildman–Crippen LogP) is 2.21. The Balaban J connectivity index is 1.26. The molecule has 0 atom stereocenters. The van der Waals surface area contributed by atoms with Crippen molar-refractivity contribution in [2.45, 2.75) is 44.8 Å². The summed E-state index contributed by atoms with van der Waals surface area (Å²) in [5.41, 5.74) is 1.02. The second kappa shape index (κ2) is 8.60. The molecule has 3 heterocycles. The number of aliphatic hydroxyl groups is 1. The summed E-state index contributed by atoms with van der Waals surface area (Å²) in [6.07, 6.45) is 5.70. The van der Waals surface area contributed by atoms with Crippen molar-refractivity contribution in [3.63, 3.8) is 0 Å². The molecule has 1 aliphatic heterocycles. The van der Waals surface area contributed by atoms with Gasteiger partial charge in [-0.25, -0.2) is 9.31 Å². The molecule has 34 heavy (non-hydrogen) atoms. The van der Waals surface area contributed by atoms with Gasteiger partial charge in [-0.15, -0.1) is 0 Å². The zero-order chi connectivity index (χ0) is 23.9. The van der Waals surface area contributed by atoms with Crippen LogP contribution in [0.15, 0.2) is 47.7 Å². The third-order valence-corrected chi connectivity index (χ3v) is 6.53. The molecule has 3 N–H and O–H groups in total. The van der Waals surface area contributed by atoms with E-state index in [2.05, 4.69) is 15.7 Å². The first-order valence-electron chi connectivity index (χ1n) is 11.5. The fraction of sp³-hybridized carbons (Fsp3) is 0.417. The Morgan fingerprint density at radius 1 is 1.15 bits per heavy atom. The van der Waals surface area contributed by atoms with Crippen molar-refractivity contribution in [2.75, 3.05) is 23.7 Å². The SMILES string of the molecule is Cc1cccc(NC(=O)Nc2cc3c(=O)n(CC4(O)CCN(C(=O)C5CC5)CC4)cnn3c2)c1. The first kappa shape index (κ1) is 22.1. The van der Waals surface area contributed by atoms with Crippen LogP contribution in [-0.2, 0) is 11.3 Å². The molecular weight excluding hydrogens is 436 g/mol. The minimum absolute atomic E-state index is 0.0998. The maximum atomic E-state index is 13.0. The molecule has 178 valence electrons. The number of amides is 3. The van der Waals surface area contributed by atoms with Crippen LogP contribution >= 0.6 is 0 Å². The maximum absolute atomic E-state index is 13.0. The van der Waals surface area contributed by atoms with Crippen molar-refractivity contribution in [1.82, 2.24) is 19.1 Å². The van der Waals surface area contributed by atoms with Gasteiger partial charge in [0.2, 0.25) is 5.91 Å². The normalized spacial score (nSPS) is 17.5. The van der Waals surface area contributed by atoms with Gasteiger partial charge in [0, 0.05) is 24.7 Å². The van der Waals surface area contributed by atoms with Gasteiger partial charge in [-0.3, -0.25) is 14.2 Å². The lowest BCUT2D eigenvalue weighted by atomic mass is 9.91. The van der Waals surface area contributed by atoms with Gasteiger partial charge in [-0.1, -0.05) is 12.1 Å². The highest BCUT2D eigenvalue weighted by Crippen LogP contribution is 2.33. The molecule has 5 rings (SSSR count). The lowest BCUT2D eigenvalue weighted by molar-refractivity contribution is -0.137. The minimum Gasteiger partial charge on any atom is -0.388 e. The molecule has 0 spiro atoms. The number of rotatable bonds is 5. The van der Waals surface area contributed by atoms with Gasteiger partial charge < -0.3 is 20.6 Å². The van der Waals surface area contributed by atoms with Crippen molar-refractivity contribution >= 4 is 28.8 Å². The summed E-state index contributed by atoms with van der Waals surface area (Å²) in [5, 5.41) is 20.8. The molecule has 0 bridgehead atoms. The van der Waals surface area contributed by atoms with Crippen molar-refractivity contribution in [3.8, 4) is 0 Å². The monoisotopic (exact) mass is 464 g/mol. The number of urea groups is 1. The van der Waals surface area contributed by atoms with E-state index >= 15 is 0 Å². The standard InChI is InChI=1S/C24H28N6O4/c1-16-3-2-4-18(11-16)26-23(33)27-19-12-20-22(32)29(15-25-30(20)13-19)14-24(34)7-9-28(10-8-24)21(31)17-5-6-17/h2-4,11-13,15,17,34H,5-10,14H2,1H3,(H2,26,27,33). The number of piperidine rings is 1. The van der Waals surface area contributed by atoms with E-state index in [1.54, 1.807) is 18.3 Å². The highest BCUT2D eigenvalue weighted by molar-refractivity contribution is 6.00. The van der Waals surface area contributed by atoms with E-state index in [0.717, 1.165) is 18.4 Å². The number of nitrogens with zero attached hydrogens (tertiary/aromatic N) is 4. The van der Waals surface area contributed by atoms with Gasteiger partial charge >= 0.3 is 6.03 Å². The molecule has 1 aromatic carbocycles. The van der Waals surface area contributed by atoms with Gasteiger partial charge in [0.1, 0.15) is 11.8 Å². The summed E-state index contributed by atoms with van der Waals surface area (Å²) < 4.78 is 2.80. The first-order chi connectivity index (χ1) is 16.3. The Bertz CT molecular complexity index is 1300. The van der Waals surface area contributed by atoms with Gasteiger partial charge in [0.05, 0.1) is 24.0 Å². The summed E-state index contributed by atoms with van der Waals surface area (Å²) in [5.74, 6) is 0.346. The number of anilines is 2. The Hall–Kier alpha value is -3.66. The molecule has 10 heteroatoms. The number of aryl methyl sites for hydroxylation is 1. The van der Waals surface area contributed by atoms with E-state index in [1.807, 2.05) is 30.0 Å². The molecule has 10 nitrogen and oxygen atoms in total. The minimum atomic E-state index is -1.08. The van der Waals surface area contributed by atoms with Crippen LogP contribution in [0.3, 0.4) is 0 Å². The number of carbonyl (C=O) groups is 2. The summed E-state index contributed by atoms with van der Waals surface area (Å²) in [6, 6.07) is 8.57. The zero-order valence-electron chi connectivity index (χ0n) is 19.0. The van der Waals surface area contributed by atoms with Crippen LogP contribution < -0.4 is 16.2 Å². The predicted molar refractivity (Wildman–Crippen MR) is 127 cm³/mol. The Morgan fingerprint density at radius 2 is 1.88 bits per heavy atom. The number of nitrogens with one attached hydrogen (secondary N) is 2. The largest absolute Gasteiger partial charge is 0.388 e. The quantitative estimate of drug-likeness (QED) is 0.535. The van der Waals surface area contributed by atoms with E-state index in [0.29, 0.717) is 42.8 Å². The molecule has 3 aromatic rings. The van der Waals surface area contributed by atoms with Crippen molar-refractivity contribution in [1.29, 1.82) is 0 Å². The Morgan fingerprint density at radius 3 is 2.59 bits per heavy atom. The smallest absolute Gasteiger partial charge is 0.323 e. The second-order valence-electron chi connectivity index (χ2n) is 9.40. The van der Waals surface area contributed by atoms with Gasteiger partial charge in [0.25, 0.3) is 5.56 Å². The number of likely N-dealkylation sites (tertiary alicyclic amines) is 1. The molecule has 1 saturated carbocycles. The van der Waals surface area contributed by atoms with Crippen LogP contribution in [0.1, 0.15) is 31.2 Å². The average Bonchev–Trinajstić information content (AvgIpc) is 3.56. The molecule has 2 fully saturated rings. The second-order valence-corrected chi connectivity index (χ2v) is 9.40. The number of carbonyl (C=O) groups excluding carboxylic acids is 2. The molecule has 3 amide bonds. The zero-order valence-corrected chi connectivity index (χ0v) is 19.0. The van der Waals surface area contributed by atoms with E-state index in [-0.39, 0.29) is 23.9 Å². The number of fused-ring (bicyclic) bond motifs is 1. The molecule has 1 saturated heterocycles. The number of benzene rings is 1. The summed E-state index contributed by atoms with van der Waals surface area (Å²) in [6.45, 7) is 3.02. The van der Waals surface area contributed by atoms with Crippen LogP contribution in [-0.4, -0.2) is 54.8 Å². The van der Waals surface area contributed by atoms with Crippen LogP contribution in [0.25, 0.3) is 5.52 Å². The highest BCUT2D eigenvalue weighted by atomic mass is 16.3. The topological polar surface area (TPSA) is 121 Å². The number of hydrogen-bond donors (Lipinski definition) is 3. The van der Waals surface area contributed by atoms with Crippen molar-refractivity contribution in [3.05, 3.63) is 58.8 Å². The summed E-state index contributed by atoms with van der Waals surface area (Å²) in [7, 11) is 0. The van der Waals surface area contributed by atoms with Gasteiger partial charge in [-0.2, -0.15) is 5.10 Å². The molecule has 0 radical (unpaired) electrons. The van der Waals surface area contributed by atoms with E-state index in [4.69, 9.17) is 0 Å². The third kappa shape index (κ3) is 4.67. The van der Waals surface area contributed by atoms with Crippen LogP contribution in [0.2, 0.25) is 0 Å². The Kier molecular flexibility index (Phi) is 5.60. The summed E-state index contributed by atoms with van der Waals surface area (Å²) in [4.78, 5) is 39.5. The molecular formula is C24H28N6O4. The lowest BCUT2D eigenvalue weighted by Crippen LogP contribution is -2.50. The number of aromatic nitrogens is 3. The van der Waals surface area contributed by atoms with E-state index in [9.17, 15) is 19.5 Å². The molecule has 2 aromatic heterocycles.